The van der Waals surface area contributed by atoms with E-state index in [0.717, 1.165) is 23.3 Å². The summed E-state index contributed by atoms with van der Waals surface area (Å²) < 4.78 is 0. The smallest absolute Gasteiger partial charge is 0.243 e. The van der Waals surface area contributed by atoms with Gasteiger partial charge in [-0.1, -0.05) is 90.8 Å². The van der Waals surface area contributed by atoms with Gasteiger partial charge in [-0.05, 0) is 49.1 Å². The van der Waals surface area contributed by atoms with Gasteiger partial charge in [-0.3, -0.25) is 9.59 Å². The second-order valence-electron chi connectivity index (χ2n) is 9.15. The highest BCUT2D eigenvalue weighted by molar-refractivity contribution is 7.99. The van der Waals surface area contributed by atoms with Crippen molar-refractivity contribution in [1.82, 2.24) is 10.2 Å². The Kier molecular flexibility index (Phi) is 10.9. The van der Waals surface area contributed by atoms with Gasteiger partial charge in [-0.25, -0.2) is 0 Å². The Morgan fingerprint density at radius 1 is 0.944 bits per heavy atom. The molecule has 0 radical (unpaired) electrons. The predicted molar refractivity (Wildman–Crippen MR) is 151 cm³/mol. The number of aryl methyl sites for hydroxylation is 1. The van der Waals surface area contributed by atoms with Crippen LogP contribution in [-0.2, 0) is 28.3 Å². The number of benzene rings is 3. The first-order valence-electron chi connectivity index (χ1n) is 12.4. The number of nitrogens with zero attached hydrogens (tertiary/aromatic N) is 1. The molecule has 0 saturated carbocycles. The van der Waals surface area contributed by atoms with Crippen molar-refractivity contribution in [2.45, 2.75) is 58.0 Å². The number of rotatable bonds is 12. The molecule has 0 saturated heterocycles. The normalized spacial score (nSPS) is 12.6. The summed E-state index contributed by atoms with van der Waals surface area (Å²) >= 11 is 7.67. The van der Waals surface area contributed by atoms with Gasteiger partial charge in [0, 0.05) is 29.8 Å². The summed E-state index contributed by atoms with van der Waals surface area (Å²) in [6.45, 7) is 6.43. The molecule has 190 valence electrons. The Labute approximate surface area is 224 Å². The minimum absolute atomic E-state index is 0.0268. The van der Waals surface area contributed by atoms with E-state index in [0.29, 0.717) is 23.7 Å². The number of halogens is 1. The molecule has 4 nitrogen and oxygen atoms in total. The van der Waals surface area contributed by atoms with E-state index in [2.05, 4.69) is 30.4 Å². The Morgan fingerprint density at radius 3 is 2.31 bits per heavy atom. The molecule has 3 aromatic carbocycles. The average molecular weight is 523 g/mol. The van der Waals surface area contributed by atoms with E-state index in [4.69, 9.17) is 11.6 Å². The maximum Gasteiger partial charge on any atom is 0.243 e. The molecular weight excluding hydrogens is 488 g/mol. The molecule has 0 bridgehead atoms. The third-order valence-electron chi connectivity index (χ3n) is 6.12. The summed E-state index contributed by atoms with van der Waals surface area (Å²) in [5.74, 6) is 0.857. The zero-order chi connectivity index (χ0) is 25.9. The average Bonchev–Trinajstić information content (AvgIpc) is 2.87. The first-order chi connectivity index (χ1) is 17.4. The molecule has 0 aromatic heterocycles. The maximum absolute atomic E-state index is 13.7. The number of hydrogen-bond acceptors (Lipinski definition) is 3. The van der Waals surface area contributed by atoms with Crippen molar-refractivity contribution in [1.29, 1.82) is 0 Å². The lowest BCUT2D eigenvalue weighted by Crippen LogP contribution is -2.52. The second-order valence-corrected chi connectivity index (χ2v) is 10.6. The lowest BCUT2D eigenvalue weighted by Gasteiger charge is -2.32. The highest BCUT2D eigenvalue weighted by Crippen LogP contribution is 2.20. The molecule has 0 heterocycles. The van der Waals surface area contributed by atoms with Crippen LogP contribution in [0.25, 0.3) is 0 Å². The van der Waals surface area contributed by atoms with Crippen molar-refractivity contribution in [3.05, 3.63) is 106 Å². The van der Waals surface area contributed by atoms with Crippen LogP contribution in [0.2, 0.25) is 5.02 Å². The largest absolute Gasteiger partial charge is 0.352 e. The molecule has 0 unspecified atom stereocenters. The Bertz CT molecular complexity index is 1120. The maximum atomic E-state index is 13.7. The molecule has 0 fully saturated rings. The fourth-order valence-electron chi connectivity index (χ4n) is 3.92. The SMILES string of the molecule is CC[C@@H](C)NC(=O)[C@H](Cc1ccccc1)N(Cc1ccc(Cl)cc1)C(=O)CSCc1cccc(C)c1. The number of hydrogen-bond donors (Lipinski definition) is 1. The molecule has 0 aliphatic rings. The standard InChI is InChI=1S/C30H35ClN2O2S/c1-4-23(3)32-30(35)28(18-24-10-6-5-7-11-24)33(19-25-13-15-27(31)16-14-25)29(34)21-36-20-26-12-8-9-22(2)17-26/h5-17,23,28H,4,18-21H2,1-3H3,(H,32,35)/t23-,28+/m1/s1. The van der Waals surface area contributed by atoms with Gasteiger partial charge >= 0.3 is 0 Å². The Balaban J connectivity index is 1.85. The number of carbonyl (C=O) groups excluding carboxylic acids is 2. The summed E-state index contributed by atoms with van der Waals surface area (Å²) in [5.41, 5.74) is 4.34. The van der Waals surface area contributed by atoms with E-state index in [1.807, 2.05) is 74.5 Å². The quantitative estimate of drug-likeness (QED) is 0.298. The van der Waals surface area contributed by atoms with Gasteiger partial charge in [-0.15, -0.1) is 11.8 Å². The minimum Gasteiger partial charge on any atom is -0.352 e. The van der Waals surface area contributed by atoms with Gasteiger partial charge in [0.15, 0.2) is 0 Å². The first kappa shape index (κ1) is 27.8. The summed E-state index contributed by atoms with van der Waals surface area (Å²) in [5, 5.41) is 3.75. The Hall–Kier alpha value is -2.76. The number of carbonyl (C=O) groups is 2. The molecule has 2 atom stereocenters. The van der Waals surface area contributed by atoms with Gasteiger partial charge < -0.3 is 10.2 Å². The second kappa shape index (κ2) is 14.1. The van der Waals surface area contributed by atoms with Crippen LogP contribution in [-0.4, -0.2) is 34.6 Å². The summed E-state index contributed by atoms with van der Waals surface area (Å²) in [7, 11) is 0. The molecule has 6 heteroatoms. The van der Waals surface area contributed by atoms with Crippen molar-refractivity contribution in [3.63, 3.8) is 0 Å². The van der Waals surface area contributed by atoms with Crippen LogP contribution in [0.1, 0.15) is 42.5 Å². The van der Waals surface area contributed by atoms with Gasteiger partial charge in [0.05, 0.1) is 5.75 Å². The van der Waals surface area contributed by atoms with Gasteiger partial charge in [0.1, 0.15) is 6.04 Å². The predicted octanol–water partition coefficient (Wildman–Crippen LogP) is 6.44. The first-order valence-corrected chi connectivity index (χ1v) is 13.9. The van der Waals surface area contributed by atoms with Gasteiger partial charge in [0.25, 0.3) is 0 Å². The minimum atomic E-state index is -0.621. The van der Waals surface area contributed by atoms with Crippen LogP contribution in [0.15, 0.2) is 78.9 Å². The number of amides is 2. The highest BCUT2D eigenvalue weighted by Gasteiger charge is 2.30. The van der Waals surface area contributed by atoms with Crippen LogP contribution in [0.3, 0.4) is 0 Å². The molecule has 0 aliphatic carbocycles. The summed E-state index contributed by atoms with van der Waals surface area (Å²) in [6, 6.07) is 25.1. The van der Waals surface area contributed by atoms with Crippen molar-refractivity contribution in [2.24, 2.45) is 0 Å². The van der Waals surface area contributed by atoms with Crippen LogP contribution in [0.4, 0.5) is 0 Å². The van der Waals surface area contributed by atoms with E-state index >= 15 is 0 Å². The van der Waals surface area contributed by atoms with Crippen LogP contribution >= 0.6 is 23.4 Å². The van der Waals surface area contributed by atoms with Crippen LogP contribution < -0.4 is 5.32 Å². The van der Waals surface area contributed by atoms with Gasteiger partial charge in [-0.2, -0.15) is 0 Å². The fraction of sp³-hybridized carbons (Fsp3) is 0.333. The molecule has 3 rings (SSSR count). The zero-order valence-corrected chi connectivity index (χ0v) is 22.8. The lowest BCUT2D eigenvalue weighted by atomic mass is 10.0. The molecular formula is C30H35ClN2O2S. The Morgan fingerprint density at radius 2 is 1.64 bits per heavy atom. The fourth-order valence-corrected chi connectivity index (χ4v) is 4.91. The third-order valence-corrected chi connectivity index (χ3v) is 7.36. The molecule has 0 spiro atoms. The summed E-state index contributed by atoms with van der Waals surface area (Å²) in [6.07, 6.45) is 1.27. The van der Waals surface area contributed by atoms with E-state index < -0.39 is 6.04 Å². The van der Waals surface area contributed by atoms with Crippen molar-refractivity contribution in [2.75, 3.05) is 5.75 Å². The molecule has 2 amide bonds. The van der Waals surface area contributed by atoms with E-state index in [9.17, 15) is 9.59 Å². The van der Waals surface area contributed by atoms with E-state index in [1.54, 1.807) is 16.7 Å². The van der Waals surface area contributed by atoms with Gasteiger partial charge in [0.2, 0.25) is 11.8 Å². The molecule has 1 N–H and O–H groups in total. The highest BCUT2D eigenvalue weighted by atomic mass is 35.5. The lowest BCUT2D eigenvalue weighted by molar-refractivity contribution is -0.139. The van der Waals surface area contributed by atoms with Crippen molar-refractivity contribution in [3.8, 4) is 0 Å². The summed E-state index contributed by atoms with van der Waals surface area (Å²) in [4.78, 5) is 28.9. The molecule has 0 aliphatic heterocycles. The number of nitrogens with one attached hydrogen (secondary N) is 1. The van der Waals surface area contributed by atoms with Crippen LogP contribution in [0.5, 0.6) is 0 Å². The molecule has 36 heavy (non-hydrogen) atoms. The van der Waals surface area contributed by atoms with Crippen molar-refractivity contribution < 1.29 is 9.59 Å². The van der Waals surface area contributed by atoms with E-state index in [-0.39, 0.29) is 17.9 Å². The van der Waals surface area contributed by atoms with Crippen molar-refractivity contribution >= 4 is 35.2 Å². The molecule has 3 aromatic rings. The van der Waals surface area contributed by atoms with Crippen LogP contribution in [0, 0.1) is 6.92 Å². The topological polar surface area (TPSA) is 49.4 Å². The monoisotopic (exact) mass is 522 g/mol. The van der Waals surface area contributed by atoms with E-state index in [1.165, 1.54) is 11.1 Å². The third kappa shape index (κ3) is 8.72. The number of thioether (sulfide) groups is 1. The zero-order valence-electron chi connectivity index (χ0n) is 21.2.